The molecular formula is C14H18BrNO. The molecule has 0 atom stereocenters. The molecule has 0 saturated heterocycles. The van der Waals surface area contributed by atoms with Crippen LogP contribution in [0, 0.1) is 6.92 Å². The van der Waals surface area contributed by atoms with Gasteiger partial charge in [-0.2, -0.15) is 0 Å². The number of carbonyl (C=O) groups is 1. The molecule has 92 valence electrons. The fourth-order valence-corrected chi connectivity index (χ4v) is 3.12. The summed E-state index contributed by atoms with van der Waals surface area (Å²) in [6, 6.07) is 4.08. The minimum absolute atomic E-state index is 0.0774. The summed E-state index contributed by atoms with van der Waals surface area (Å²) in [6.07, 6.45) is 0.588. The molecule has 1 aromatic carbocycles. The third-order valence-electron chi connectivity index (χ3n) is 3.55. The number of fused-ring (bicyclic) bond motifs is 1. The van der Waals surface area contributed by atoms with Gasteiger partial charge in [0, 0.05) is 28.5 Å². The number of rotatable bonds is 1. The Bertz CT molecular complexity index is 479. The largest absolute Gasteiger partial charge is 0.312 e. The van der Waals surface area contributed by atoms with Crippen LogP contribution in [0.15, 0.2) is 16.6 Å². The number of halogens is 1. The molecule has 0 radical (unpaired) electrons. The van der Waals surface area contributed by atoms with Crippen LogP contribution in [-0.2, 0) is 10.2 Å². The summed E-state index contributed by atoms with van der Waals surface area (Å²) >= 11 is 3.58. The molecule has 2 nitrogen and oxygen atoms in total. The van der Waals surface area contributed by atoms with E-state index in [2.05, 4.69) is 42.8 Å². The Morgan fingerprint density at radius 3 is 2.65 bits per heavy atom. The highest BCUT2D eigenvalue weighted by molar-refractivity contribution is 9.10. The van der Waals surface area contributed by atoms with Gasteiger partial charge in [0.15, 0.2) is 0 Å². The second kappa shape index (κ2) is 4.13. The fourth-order valence-electron chi connectivity index (χ4n) is 2.79. The standard InChI is InChI=1S/C14H18BrNO/c1-5-16-11-7-6-10(15)9(2)13(11)14(3,4)8-12(16)17/h6-7H,5,8H2,1-4H3. The van der Waals surface area contributed by atoms with Crippen LogP contribution in [0.1, 0.15) is 38.3 Å². The molecule has 17 heavy (non-hydrogen) atoms. The number of benzene rings is 1. The van der Waals surface area contributed by atoms with Crippen molar-refractivity contribution in [1.82, 2.24) is 0 Å². The quantitative estimate of drug-likeness (QED) is 0.772. The molecule has 1 aliphatic rings. The number of hydrogen-bond donors (Lipinski definition) is 0. The summed E-state index contributed by atoms with van der Waals surface area (Å²) in [7, 11) is 0. The maximum Gasteiger partial charge on any atom is 0.227 e. The molecule has 1 aliphatic heterocycles. The van der Waals surface area contributed by atoms with Crippen LogP contribution in [0.25, 0.3) is 0 Å². The smallest absolute Gasteiger partial charge is 0.227 e. The van der Waals surface area contributed by atoms with Crippen LogP contribution < -0.4 is 4.90 Å². The first kappa shape index (κ1) is 12.6. The highest BCUT2D eigenvalue weighted by atomic mass is 79.9. The molecule has 0 unspecified atom stereocenters. The number of anilines is 1. The Hall–Kier alpha value is -0.830. The summed E-state index contributed by atoms with van der Waals surface area (Å²) < 4.78 is 1.12. The molecule has 0 spiro atoms. The van der Waals surface area contributed by atoms with Crippen LogP contribution in [0.3, 0.4) is 0 Å². The first-order valence-corrected chi connectivity index (χ1v) is 6.77. The minimum atomic E-state index is -0.0774. The molecular weight excluding hydrogens is 278 g/mol. The van der Waals surface area contributed by atoms with E-state index in [9.17, 15) is 4.79 Å². The maximum absolute atomic E-state index is 12.1. The third kappa shape index (κ3) is 1.90. The summed E-state index contributed by atoms with van der Waals surface area (Å²) in [5.74, 6) is 0.228. The number of hydrogen-bond acceptors (Lipinski definition) is 1. The van der Waals surface area contributed by atoms with Crippen molar-refractivity contribution in [2.24, 2.45) is 0 Å². The van der Waals surface area contributed by atoms with E-state index in [-0.39, 0.29) is 11.3 Å². The summed E-state index contributed by atoms with van der Waals surface area (Å²) in [5.41, 5.74) is 3.55. The van der Waals surface area contributed by atoms with Crippen molar-refractivity contribution < 1.29 is 4.79 Å². The number of carbonyl (C=O) groups excluding carboxylic acids is 1. The summed E-state index contributed by atoms with van der Waals surface area (Å²) in [4.78, 5) is 14.0. The lowest BCUT2D eigenvalue weighted by molar-refractivity contribution is -0.120. The van der Waals surface area contributed by atoms with Crippen molar-refractivity contribution in [3.63, 3.8) is 0 Å². The number of nitrogens with zero attached hydrogens (tertiary/aromatic N) is 1. The molecule has 2 rings (SSSR count). The lowest BCUT2D eigenvalue weighted by atomic mass is 9.75. The van der Waals surface area contributed by atoms with Crippen molar-refractivity contribution in [1.29, 1.82) is 0 Å². The van der Waals surface area contributed by atoms with E-state index in [1.165, 1.54) is 11.1 Å². The normalized spacial score (nSPS) is 18.2. The topological polar surface area (TPSA) is 20.3 Å². The van der Waals surface area contributed by atoms with Gasteiger partial charge in [-0.05, 0) is 37.1 Å². The molecule has 0 saturated carbocycles. The van der Waals surface area contributed by atoms with Gasteiger partial charge in [0.2, 0.25) is 5.91 Å². The first-order chi connectivity index (χ1) is 7.88. The lowest BCUT2D eigenvalue weighted by Gasteiger charge is -2.39. The van der Waals surface area contributed by atoms with Crippen molar-refractivity contribution >= 4 is 27.5 Å². The molecule has 0 N–H and O–H groups in total. The summed E-state index contributed by atoms with van der Waals surface area (Å²) in [6.45, 7) is 9.18. The van der Waals surface area contributed by atoms with Gasteiger partial charge in [-0.1, -0.05) is 29.8 Å². The van der Waals surface area contributed by atoms with E-state index in [1.807, 2.05) is 17.9 Å². The average molecular weight is 296 g/mol. The minimum Gasteiger partial charge on any atom is -0.312 e. The van der Waals surface area contributed by atoms with Crippen LogP contribution in [0.5, 0.6) is 0 Å². The van der Waals surface area contributed by atoms with Crippen molar-refractivity contribution in [2.75, 3.05) is 11.4 Å². The van der Waals surface area contributed by atoms with Crippen LogP contribution in [-0.4, -0.2) is 12.5 Å². The Labute approximate surface area is 111 Å². The Kier molecular flexibility index (Phi) is 3.06. The summed E-state index contributed by atoms with van der Waals surface area (Å²) in [5, 5.41) is 0. The zero-order valence-corrected chi connectivity index (χ0v) is 12.4. The monoisotopic (exact) mass is 295 g/mol. The molecule has 0 aromatic heterocycles. The average Bonchev–Trinajstić information content (AvgIpc) is 2.22. The van der Waals surface area contributed by atoms with E-state index in [0.717, 1.165) is 16.7 Å². The molecule has 3 heteroatoms. The fraction of sp³-hybridized carbons (Fsp3) is 0.500. The Morgan fingerprint density at radius 1 is 1.41 bits per heavy atom. The molecule has 1 amide bonds. The molecule has 1 heterocycles. The zero-order chi connectivity index (χ0) is 12.8. The Balaban J connectivity index is 2.72. The van der Waals surface area contributed by atoms with Crippen molar-refractivity contribution in [3.8, 4) is 0 Å². The van der Waals surface area contributed by atoms with Gasteiger partial charge in [0.25, 0.3) is 0 Å². The van der Waals surface area contributed by atoms with Gasteiger partial charge in [-0.15, -0.1) is 0 Å². The van der Waals surface area contributed by atoms with Gasteiger partial charge in [-0.3, -0.25) is 4.79 Å². The zero-order valence-electron chi connectivity index (χ0n) is 10.8. The van der Waals surface area contributed by atoms with E-state index in [0.29, 0.717) is 6.42 Å². The van der Waals surface area contributed by atoms with Crippen molar-refractivity contribution in [2.45, 2.75) is 39.5 Å². The number of amides is 1. The molecule has 0 aliphatic carbocycles. The van der Waals surface area contributed by atoms with Gasteiger partial charge < -0.3 is 4.90 Å². The molecule has 1 aromatic rings. The van der Waals surface area contributed by atoms with Gasteiger partial charge in [-0.25, -0.2) is 0 Å². The van der Waals surface area contributed by atoms with Crippen molar-refractivity contribution in [3.05, 3.63) is 27.7 Å². The van der Waals surface area contributed by atoms with Gasteiger partial charge >= 0.3 is 0 Å². The van der Waals surface area contributed by atoms with E-state index in [4.69, 9.17) is 0 Å². The SMILES string of the molecule is CCN1C(=O)CC(C)(C)c2c1ccc(Br)c2C. The van der Waals surface area contributed by atoms with E-state index >= 15 is 0 Å². The van der Waals surface area contributed by atoms with E-state index in [1.54, 1.807) is 0 Å². The second-order valence-electron chi connectivity index (χ2n) is 5.27. The second-order valence-corrected chi connectivity index (χ2v) is 6.12. The van der Waals surface area contributed by atoms with E-state index < -0.39 is 0 Å². The lowest BCUT2D eigenvalue weighted by Crippen LogP contribution is -2.42. The predicted molar refractivity (Wildman–Crippen MR) is 74.5 cm³/mol. The van der Waals surface area contributed by atoms with Gasteiger partial charge in [0.1, 0.15) is 0 Å². The Morgan fingerprint density at radius 2 is 2.06 bits per heavy atom. The van der Waals surface area contributed by atoms with Crippen LogP contribution in [0.2, 0.25) is 0 Å². The van der Waals surface area contributed by atoms with Gasteiger partial charge in [0.05, 0.1) is 0 Å². The third-order valence-corrected chi connectivity index (χ3v) is 4.41. The first-order valence-electron chi connectivity index (χ1n) is 5.98. The molecule has 0 bridgehead atoms. The highest BCUT2D eigenvalue weighted by Gasteiger charge is 2.37. The predicted octanol–water partition coefficient (Wildman–Crippen LogP) is 3.79. The van der Waals surface area contributed by atoms with Crippen LogP contribution in [0.4, 0.5) is 5.69 Å². The maximum atomic E-state index is 12.1. The van der Waals surface area contributed by atoms with Crippen LogP contribution >= 0.6 is 15.9 Å². The molecule has 0 fully saturated rings. The highest BCUT2D eigenvalue weighted by Crippen LogP contribution is 2.43.